The fraction of sp³-hybridized carbons (Fsp3) is 0.176. The highest BCUT2D eigenvalue weighted by atomic mass is 16.5. The number of amides is 1. The Bertz CT molecular complexity index is 640. The van der Waals surface area contributed by atoms with Gasteiger partial charge in [0.05, 0.1) is 12.2 Å². The maximum atomic E-state index is 11.8. The first-order valence-corrected chi connectivity index (χ1v) is 6.94. The van der Waals surface area contributed by atoms with Crippen molar-refractivity contribution >= 4 is 17.6 Å². The zero-order valence-corrected chi connectivity index (χ0v) is 12.2. The van der Waals surface area contributed by atoms with Crippen LogP contribution in [0, 0.1) is 0 Å². The number of ether oxygens (including phenoxy) is 2. The third kappa shape index (κ3) is 4.63. The summed E-state index contributed by atoms with van der Waals surface area (Å²) in [6, 6.07) is 15.7. The third-order valence-corrected chi connectivity index (χ3v) is 2.77. The summed E-state index contributed by atoms with van der Waals surface area (Å²) in [6.07, 6.45) is 0. The number of para-hydroxylation sites is 1. The van der Waals surface area contributed by atoms with Crippen LogP contribution < -0.4 is 10.1 Å². The molecule has 0 heterocycles. The van der Waals surface area contributed by atoms with E-state index >= 15 is 0 Å². The normalized spacial score (nSPS) is 9.86. The van der Waals surface area contributed by atoms with Crippen LogP contribution in [0.1, 0.15) is 17.3 Å². The average Bonchev–Trinajstić information content (AvgIpc) is 2.54. The van der Waals surface area contributed by atoms with Crippen LogP contribution in [0.2, 0.25) is 0 Å². The zero-order valence-electron chi connectivity index (χ0n) is 12.2. The highest BCUT2D eigenvalue weighted by molar-refractivity contribution is 5.92. The Morgan fingerprint density at radius 3 is 2.55 bits per heavy atom. The molecule has 0 aliphatic rings. The molecule has 0 bridgehead atoms. The van der Waals surface area contributed by atoms with Crippen molar-refractivity contribution in [2.24, 2.45) is 0 Å². The second kappa shape index (κ2) is 7.83. The quantitative estimate of drug-likeness (QED) is 0.833. The van der Waals surface area contributed by atoms with Crippen LogP contribution in [-0.2, 0) is 9.53 Å². The van der Waals surface area contributed by atoms with Gasteiger partial charge in [0.1, 0.15) is 5.75 Å². The maximum absolute atomic E-state index is 11.8. The lowest BCUT2D eigenvalue weighted by molar-refractivity contribution is -0.118. The molecule has 0 saturated heterocycles. The van der Waals surface area contributed by atoms with E-state index in [4.69, 9.17) is 9.47 Å². The largest absolute Gasteiger partial charge is 0.484 e. The number of carbonyl (C=O) groups excluding carboxylic acids is 2. The molecule has 2 aromatic carbocycles. The summed E-state index contributed by atoms with van der Waals surface area (Å²) in [5.74, 6) is -0.247. The molecular formula is C17H17NO4. The zero-order chi connectivity index (χ0) is 15.8. The molecule has 0 atom stereocenters. The van der Waals surface area contributed by atoms with Crippen molar-refractivity contribution in [1.29, 1.82) is 0 Å². The molecule has 22 heavy (non-hydrogen) atoms. The van der Waals surface area contributed by atoms with E-state index in [9.17, 15) is 9.59 Å². The van der Waals surface area contributed by atoms with Crippen molar-refractivity contribution in [2.75, 3.05) is 18.5 Å². The summed E-state index contributed by atoms with van der Waals surface area (Å²) in [5.41, 5.74) is 1.10. The Hall–Kier alpha value is -2.82. The number of benzene rings is 2. The molecule has 0 fully saturated rings. The van der Waals surface area contributed by atoms with Crippen LogP contribution in [0.4, 0.5) is 5.69 Å². The van der Waals surface area contributed by atoms with Gasteiger partial charge < -0.3 is 14.8 Å². The van der Waals surface area contributed by atoms with Gasteiger partial charge in [-0.2, -0.15) is 0 Å². The lowest BCUT2D eigenvalue weighted by Gasteiger charge is -2.08. The molecule has 1 N–H and O–H groups in total. The number of hydrogen-bond acceptors (Lipinski definition) is 4. The topological polar surface area (TPSA) is 64.6 Å². The highest BCUT2D eigenvalue weighted by Gasteiger charge is 2.08. The van der Waals surface area contributed by atoms with Gasteiger partial charge in [-0.05, 0) is 37.3 Å². The summed E-state index contributed by atoms with van der Waals surface area (Å²) >= 11 is 0. The minimum atomic E-state index is -0.415. The molecule has 0 saturated carbocycles. The van der Waals surface area contributed by atoms with Gasteiger partial charge in [-0.25, -0.2) is 4.79 Å². The number of hydrogen-bond donors (Lipinski definition) is 1. The smallest absolute Gasteiger partial charge is 0.338 e. The fourth-order valence-corrected chi connectivity index (χ4v) is 1.79. The van der Waals surface area contributed by atoms with E-state index in [1.165, 1.54) is 0 Å². The van der Waals surface area contributed by atoms with Crippen molar-refractivity contribution in [3.05, 3.63) is 60.2 Å². The first kappa shape index (κ1) is 15.6. The monoisotopic (exact) mass is 299 g/mol. The van der Waals surface area contributed by atoms with Gasteiger partial charge in [-0.15, -0.1) is 0 Å². The van der Waals surface area contributed by atoms with E-state index in [0.717, 1.165) is 0 Å². The SMILES string of the molecule is CCOC(=O)c1cccc(OCC(=O)Nc2ccccc2)c1. The van der Waals surface area contributed by atoms with Crippen molar-refractivity contribution in [3.8, 4) is 5.75 Å². The minimum Gasteiger partial charge on any atom is -0.484 e. The predicted molar refractivity (Wildman–Crippen MR) is 83.0 cm³/mol. The van der Waals surface area contributed by atoms with Crippen molar-refractivity contribution < 1.29 is 19.1 Å². The molecule has 5 heteroatoms. The van der Waals surface area contributed by atoms with Gasteiger partial charge in [0.25, 0.3) is 5.91 Å². The van der Waals surface area contributed by atoms with E-state index in [2.05, 4.69) is 5.32 Å². The Morgan fingerprint density at radius 2 is 1.82 bits per heavy atom. The molecule has 0 unspecified atom stereocenters. The van der Waals surface area contributed by atoms with E-state index < -0.39 is 5.97 Å². The molecule has 0 radical (unpaired) electrons. The van der Waals surface area contributed by atoms with Gasteiger partial charge in [0.15, 0.2) is 6.61 Å². The maximum Gasteiger partial charge on any atom is 0.338 e. The lowest BCUT2D eigenvalue weighted by atomic mass is 10.2. The average molecular weight is 299 g/mol. The second-order valence-electron chi connectivity index (χ2n) is 4.45. The minimum absolute atomic E-state index is 0.138. The van der Waals surface area contributed by atoms with Gasteiger partial charge >= 0.3 is 5.97 Å². The predicted octanol–water partition coefficient (Wildman–Crippen LogP) is 2.88. The summed E-state index contributed by atoms with van der Waals surface area (Å²) in [4.78, 5) is 23.4. The van der Waals surface area contributed by atoms with Crippen molar-refractivity contribution in [2.45, 2.75) is 6.92 Å². The summed E-state index contributed by atoms with van der Waals surface area (Å²) in [5, 5.41) is 2.71. The van der Waals surface area contributed by atoms with Crippen LogP contribution in [0.3, 0.4) is 0 Å². The number of carbonyl (C=O) groups is 2. The molecule has 114 valence electrons. The standard InChI is InChI=1S/C17H17NO4/c1-2-21-17(20)13-7-6-10-15(11-13)22-12-16(19)18-14-8-4-3-5-9-14/h3-11H,2,12H2,1H3,(H,18,19). The summed E-state index contributed by atoms with van der Waals surface area (Å²) in [6.45, 7) is 1.91. The van der Waals surface area contributed by atoms with E-state index in [1.807, 2.05) is 18.2 Å². The van der Waals surface area contributed by atoms with Crippen LogP contribution >= 0.6 is 0 Å². The summed E-state index contributed by atoms with van der Waals surface area (Å²) in [7, 11) is 0. The van der Waals surface area contributed by atoms with Gasteiger partial charge in [-0.1, -0.05) is 24.3 Å². The molecular weight excluding hydrogens is 282 g/mol. The highest BCUT2D eigenvalue weighted by Crippen LogP contribution is 2.14. The Balaban J connectivity index is 1.90. The molecule has 0 aliphatic carbocycles. The molecule has 2 rings (SSSR count). The molecule has 0 spiro atoms. The van der Waals surface area contributed by atoms with E-state index in [-0.39, 0.29) is 12.5 Å². The lowest BCUT2D eigenvalue weighted by Crippen LogP contribution is -2.20. The van der Waals surface area contributed by atoms with Gasteiger partial charge in [-0.3, -0.25) is 4.79 Å². The van der Waals surface area contributed by atoms with Crippen LogP contribution in [0.5, 0.6) is 5.75 Å². The van der Waals surface area contributed by atoms with E-state index in [1.54, 1.807) is 43.3 Å². The van der Waals surface area contributed by atoms with Crippen LogP contribution in [0.15, 0.2) is 54.6 Å². The Morgan fingerprint density at radius 1 is 1.05 bits per heavy atom. The molecule has 5 nitrogen and oxygen atoms in total. The molecule has 0 aromatic heterocycles. The van der Waals surface area contributed by atoms with Crippen molar-refractivity contribution in [1.82, 2.24) is 0 Å². The number of esters is 1. The second-order valence-corrected chi connectivity index (χ2v) is 4.45. The first-order chi connectivity index (χ1) is 10.7. The third-order valence-electron chi connectivity index (χ3n) is 2.77. The van der Waals surface area contributed by atoms with Crippen LogP contribution in [0.25, 0.3) is 0 Å². The number of rotatable bonds is 6. The fourth-order valence-electron chi connectivity index (χ4n) is 1.79. The molecule has 2 aromatic rings. The number of nitrogens with one attached hydrogen (secondary N) is 1. The summed E-state index contributed by atoms with van der Waals surface area (Å²) < 4.78 is 10.3. The molecule has 1 amide bonds. The number of anilines is 1. The first-order valence-electron chi connectivity index (χ1n) is 6.94. The van der Waals surface area contributed by atoms with Crippen LogP contribution in [-0.4, -0.2) is 25.1 Å². The Kier molecular flexibility index (Phi) is 5.54. The Labute approximate surface area is 128 Å². The van der Waals surface area contributed by atoms with Crippen molar-refractivity contribution in [3.63, 3.8) is 0 Å². The molecule has 0 aliphatic heterocycles. The van der Waals surface area contributed by atoms with E-state index in [0.29, 0.717) is 23.6 Å². The van der Waals surface area contributed by atoms with Gasteiger partial charge in [0, 0.05) is 5.69 Å². The van der Waals surface area contributed by atoms with Gasteiger partial charge in [0.2, 0.25) is 0 Å².